The Labute approximate surface area is 88.2 Å². The Morgan fingerprint density at radius 2 is 2.29 bits per heavy atom. The van der Waals surface area contributed by atoms with Gasteiger partial charge in [0.05, 0.1) is 5.69 Å². The van der Waals surface area contributed by atoms with Crippen molar-refractivity contribution in [1.82, 2.24) is 15.2 Å². The number of halogens is 1. The molecule has 0 amide bonds. The van der Waals surface area contributed by atoms with E-state index >= 15 is 0 Å². The molecule has 0 aliphatic carbocycles. The number of aromatic nitrogens is 1. The fraction of sp³-hybridized carbons (Fsp3) is 0.667. The first kappa shape index (κ1) is 9.96. The van der Waals surface area contributed by atoms with Gasteiger partial charge in [-0.3, -0.25) is 0 Å². The van der Waals surface area contributed by atoms with Gasteiger partial charge >= 0.3 is 0 Å². The van der Waals surface area contributed by atoms with Gasteiger partial charge < -0.3 is 14.6 Å². The molecule has 2 rings (SSSR count). The van der Waals surface area contributed by atoms with Gasteiger partial charge in [-0.1, -0.05) is 0 Å². The van der Waals surface area contributed by atoms with Crippen LogP contribution in [0.5, 0.6) is 0 Å². The molecule has 4 nitrogen and oxygen atoms in total. The number of rotatable bonds is 3. The second-order valence-electron chi connectivity index (χ2n) is 3.43. The second kappa shape index (κ2) is 4.77. The fourth-order valence-electron chi connectivity index (χ4n) is 1.60. The highest BCUT2D eigenvalue weighted by atomic mass is 35.5. The smallest absolute Gasteiger partial charge is 0.292 e. The van der Waals surface area contributed by atoms with E-state index in [2.05, 4.69) is 15.2 Å². The summed E-state index contributed by atoms with van der Waals surface area (Å²) in [6.45, 7) is 5.43. The van der Waals surface area contributed by atoms with Crippen molar-refractivity contribution in [3.8, 4) is 0 Å². The van der Waals surface area contributed by atoms with E-state index in [-0.39, 0.29) is 5.35 Å². The molecule has 5 heteroatoms. The fourth-order valence-corrected chi connectivity index (χ4v) is 1.76. The largest absolute Gasteiger partial charge is 0.436 e. The van der Waals surface area contributed by atoms with Crippen LogP contribution in [0.25, 0.3) is 0 Å². The van der Waals surface area contributed by atoms with Crippen LogP contribution in [0.4, 0.5) is 0 Å². The van der Waals surface area contributed by atoms with Gasteiger partial charge in [0.25, 0.3) is 5.35 Å². The third-order valence-corrected chi connectivity index (χ3v) is 2.59. The van der Waals surface area contributed by atoms with Crippen LogP contribution in [-0.2, 0) is 6.42 Å². The van der Waals surface area contributed by atoms with Crippen molar-refractivity contribution in [3.05, 3.63) is 17.3 Å². The second-order valence-corrected chi connectivity index (χ2v) is 3.76. The van der Waals surface area contributed by atoms with Crippen LogP contribution in [0.15, 0.2) is 10.7 Å². The maximum atomic E-state index is 5.58. The summed E-state index contributed by atoms with van der Waals surface area (Å²) in [5, 5.41) is 3.56. The molecule has 78 valence electrons. The molecule has 0 aromatic carbocycles. The van der Waals surface area contributed by atoms with Crippen LogP contribution in [0.3, 0.4) is 0 Å². The number of nitrogens with one attached hydrogen (secondary N) is 1. The number of piperazine rings is 1. The van der Waals surface area contributed by atoms with E-state index in [1.54, 1.807) is 6.26 Å². The predicted octanol–water partition coefficient (Wildman–Crippen LogP) is 0.776. The molecule has 0 radical (unpaired) electrons. The third-order valence-electron chi connectivity index (χ3n) is 2.42. The van der Waals surface area contributed by atoms with Crippen LogP contribution in [0, 0.1) is 0 Å². The number of nitrogens with zero attached hydrogens (tertiary/aromatic N) is 2. The zero-order chi connectivity index (χ0) is 9.80. The van der Waals surface area contributed by atoms with Gasteiger partial charge in [-0.25, -0.2) is 4.98 Å². The summed E-state index contributed by atoms with van der Waals surface area (Å²) < 4.78 is 4.93. The highest BCUT2D eigenvalue weighted by Gasteiger charge is 2.10. The Morgan fingerprint density at radius 3 is 2.93 bits per heavy atom. The Kier molecular flexibility index (Phi) is 3.39. The SMILES string of the molecule is Clc1nc(CCN2CCNCC2)co1. The van der Waals surface area contributed by atoms with Crippen LogP contribution < -0.4 is 5.32 Å². The molecule has 1 aliphatic heterocycles. The quantitative estimate of drug-likeness (QED) is 0.809. The van der Waals surface area contributed by atoms with E-state index < -0.39 is 0 Å². The Balaban J connectivity index is 1.76. The van der Waals surface area contributed by atoms with Gasteiger partial charge in [0.2, 0.25) is 0 Å². The molecule has 0 bridgehead atoms. The van der Waals surface area contributed by atoms with Gasteiger partial charge in [0, 0.05) is 39.1 Å². The zero-order valence-electron chi connectivity index (χ0n) is 8.00. The van der Waals surface area contributed by atoms with Crippen molar-refractivity contribution in [2.75, 3.05) is 32.7 Å². The lowest BCUT2D eigenvalue weighted by Gasteiger charge is -2.26. The zero-order valence-corrected chi connectivity index (χ0v) is 8.76. The molecule has 0 spiro atoms. The predicted molar refractivity (Wildman–Crippen MR) is 54.5 cm³/mol. The summed E-state index contributed by atoms with van der Waals surface area (Å²) in [4.78, 5) is 6.47. The van der Waals surface area contributed by atoms with Crippen molar-refractivity contribution in [2.45, 2.75) is 6.42 Å². The molecule has 1 fully saturated rings. The number of hydrogen-bond acceptors (Lipinski definition) is 4. The molecule has 1 N–H and O–H groups in total. The van der Waals surface area contributed by atoms with E-state index in [9.17, 15) is 0 Å². The average Bonchev–Trinajstić information content (AvgIpc) is 2.63. The minimum Gasteiger partial charge on any atom is -0.436 e. The molecule has 2 heterocycles. The van der Waals surface area contributed by atoms with Crippen LogP contribution >= 0.6 is 11.6 Å². The maximum absolute atomic E-state index is 5.58. The molecule has 1 aromatic heterocycles. The minimum absolute atomic E-state index is 0.236. The van der Waals surface area contributed by atoms with Gasteiger partial charge in [-0.15, -0.1) is 0 Å². The third kappa shape index (κ3) is 2.70. The molecule has 0 atom stereocenters. The Hall–Kier alpha value is -0.580. The summed E-state index contributed by atoms with van der Waals surface area (Å²) in [5.74, 6) is 0. The van der Waals surface area contributed by atoms with Crippen molar-refractivity contribution in [2.24, 2.45) is 0 Å². The van der Waals surface area contributed by atoms with Crippen molar-refractivity contribution < 1.29 is 4.42 Å². The van der Waals surface area contributed by atoms with Crippen molar-refractivity contribution in [3.63, 3.8) is 0 Å². The van der Waals surface area contributed by atoms with E-state index in [1.165, 1.54) is 0 Å². The normalized spacial score (nSPS) is 18.6. The van der Waals surface area contributed by atoms with Crippen molar-refractivity contribution >= 4 is 11.6 Å². The van der Waals surface area contributed by atoms with Crippen molar-refractivity contribution in [1.29, 1.82) is 0 Å². The van der Waals surface area contributed by atoms with Gasteiger partial charge in [0.15, 0.2) is 0 Å². The molecular weight excluding hydrogens is 202 g/mol. The number of oxazole rings is 1. The molecule has 1 saturated heterocycles. The molecule has 14 heavy (non-hydrogen) atoms. The lowest BCUT2D eigenvalue weighted by Crippen LogP contribution is -2.44. The van der Waals surface area contributed by atoms with Crippen LogP contribution in [-0.4, -0.2) is 42.6 Å². The minimum atomic E-state index is 0.236. The van der Waals surface area contributed by atoms with Gasteiger partial charge in [0.1, 0.15) is 6.26 Å². The monoisotopic (exact) mass is 215 g/mol. The highest BCUT2D eigenvalue weighted by Crippen LogP contribution is 2.08. The lowest BCUT2D eigenvalue weighted by molar-refractivity contribution is 0.243. The molecule has 0 saturated carbocycles. The van der Waals surface area contributed by atoms with Crippen LogP contribution in [0.2, 0.25) is 5.35 Å². The lowest BCUT2D eigenvalue weighted by atomic mass is 10.3. The summed E-state index contributed by atoms with van der Waals surface area (Å²) in [5.41, 5.74) is 0.938. The van der Waals surface area contributed by atoms with E-state index in [1.807, 2.05) is 0 Å². The van der Waals surface area contributed by atoms with Gasteiger partial charge in [-0.05, 0) is 11.6 Å². The standard InChI is InChI=1S/C9H14ClN3O/c10-9-12-8(7-14-9)1-4-13-5-2-11-3-6-13/h7,11H,1-6H2. The summed E-state index contributed by atoms with van der Waals surface area (Å²) in [6, 6.07) is 0. The molecule has 1 aromatic rings. The van der Waals surface area contributed by atoms with Gasteiger partial charge in [-0.2, -0.15) is 0 Å². The van der Waals surface area contributed by atoms with Crippen LogP contribution in [0.1, 0.15) is 5.69 Å². The molecular formula is C9H14ClN3O. The first-order chi connectivity index (χ1) is 6.84. The Bertz CT molecular complexity index is 283. The van der Waals surface area contributed by atoms with E-state index in [0.29, 0.717) is 0 Å². The summed E-state index contributed by atoms with van der Waals surface area (Å²) in [6.07, 6.45) is 2.54. The topological polar surface area (TPSA) is 41.3 Å². The highest BCUT2D eigenvalue weighted by molar-refractivity contribution is 6.27. The first-order valence-electron chi connectivity index (χ1n) is 4.87. The number of hydrogen-bond donors (Lipinski definition) is 1. The first-order valence-corrected chi connectivity index (χ1v) is 5.25. The molecule has 1 aliphatic rings. The average molecular weight is 216 g/mol. The van der Waals surface area contributed by atoms with E-state index in [4.69, 9.17) is 16.0 Å². The molecule has 0 unspecified atom stereocenters. The maximum Gasteiger partial charge on any atom is 0.292 e. The Morgan fingerprint density at radius 1 is 1.50 bits per heavy atom. The summed E-state index contributed by atoms with van der Waals surface area (Å²) >= 11 is 5.58. The van der Waals surface area contributed by atoms with E-state index in [0.717, 1.165) is 44.8 Å². The summed E-state index contributed by atoms with van der Waals surface area (Å²) in [7, 11) is 0.